The van der Waals surface area contributed by atoms with Crippen LogP contribution in [-0.4, -0.2) is 97.0 Å². The Balaban J connectivity index is 2.72. The summed E-state index contributed by atoms with van der Waals surface area (Å²) in [5.41, 5.74) is -0.685. The molecule has 0 spiro atoms. The van der Waals surface area contributed by atoms with E-state index in [2.05, 4.69) is 5.32 Å². The Hall–Kier alpha value is -1.81. The monoisotopic (exact) mass is 445 g/mol. The molecular weight excluding hydrogens is 410 g/mol. The molecule has 1 heterocycles. The molecule has 0 saturated carbocycles. The lowest BCUT2D eigenvalue weighted by molar-refractivity contribution is -0.146. The van der Waals surface area contributed by atoms with Crippen molar-refractivity contribution in [2.24, 2.45) is 0 Å². The Morgan fingerprint density at radius 3 is 2.50 bits per heavy atom. The molecule has 1 aliphatic heterocycles. The molecule has 2 amide bonds. The number of alkyl carbamates (subject to hydrolysis) is 1. The number of nitrogens with one attached hydrogen (secondary N) is 1. The van der Waals surface area contributed by atoms with Gasteiger partial charge in [-0.15, -0.1) is 0 Å². The first-order chi connectivity index (χ1) is 14.0. The van der Waals surface area contributed by atoms with E-state index in [1.54, 1.807) is 25.7 Å². The van der Waals surface area contributed by atoms with E-state index in [9.17, 15) is 19.2 Å². The summed E-state index contributed by atoms with van der Waals surface area (Å²) in [6, 6.07) is -1.01. The second kappa shape index (κ2) is 12.1. The van der Waals surface area contributed by atoms with Crippen LogP contribution in [0, 0.1) is 0 Å². The molecule has 1 rings (SSSR count). The fraction of sp³-hybridized carbons (Fsp3) is 0.800. The molecule has 0 bridgehead atoms. The van der Waals surface area contributed by atoms with Gasteiger partial charge in [0.1, 0.15) is 24.0 Å². The average molecular weight is 446 g/mol. The van der Waals surface area contributed by atoms with E-state index in [-0.39, 0.29) is 36.3 Å². The summed E-state index contributed by atoms with van der Waals surface area (Å²) in [5.74, 6) is -0.0769. The number of likely N-dealkylation sites (N-methyl/N-ethyl adjacent to an activating group) is 1. The molecule has 10 heteroatoms. The highest BCUT2D eigenvalue weighted by atomic mass is 32.2. The van der Waals surface area contributed by atoms with Crippen LogP contribution >= 0.6 is 11.8 Å². The number of esters is 1. The van der Waals surface area contributed by atoms with Gasteiger partial charge in [-0.2, -0.15) is 11.8 Å². The van der Waals surface area contributed by atoms with Crippen molar-refractivity contribution in [1.29, 1.82) is 0 Å². The van der Waals surface area contributed by atoms with Crippen molar-refractivity contribution in [3.63, 3.8) is 0 Å². The number of hydrogen-bond acceptors (Lipinski definition) is 8. The second-order valence-electron chi connectivity index (χ2n) is 8.39. The maximum absolute atomic E-state index is 12.6. The van der Waals surface area contributed by atoms with Gasteiger partial charge in [-0.25, -0.2) is 4.79 Å². The van der Waals surface area contributed by atoms with Crippen LogP contribution in [0.1, 0.15) is 40.0 Å². The van der Waals surface area contributed by atoms with Crippen LogP contribution < -0.4 is 5.32 Å². The molecule has 3 atom stereocenters. The number of ether oxygens (including phenoxy) is 2. The summed E-state index contributed by atoms with van der Waals surface area (Å²) in [7, 11) is 3.26. The van der Waals surface area contributed by atoms with Crippen LogP contribution in [0.3, 0.4) is 0 Å². The minimum absolute atomic E-state index is 0.0685. The predicted molar refractivity (Wildman–Crippen MR) is 115 cm³/mol. The Morgan fingerprint density at radius 2 is 1.97 bits per heavy atom. The maximum Gasteiger partial charge on any atom is 0.408 e. The number of thioether (sulfide) groups is 1. The second-order valence-corrected chi connectivity index (χ2v) is 9.25. The number of hydrogen-bond donors (Lipinski definition) is 1. The van der Waals surface area contributed by atoms with Crippen molar-refractivity contribution < 1.29 is 28.7 Å². The first-order valence-corrected chi connectivity index (χ1v) is 11.4. The SMILES string of the molecule is COC(=O)C1CCC(CCN(CC(C=O)NC(=O)OC(C)(C)C)C(=O)CSC)N1C. The molecule has 1 N–H and O–H groups in total. The number of aldehydes is 1. The summed E-state index contributed by atoms with van der Waals surface area (Å²) in [5, 5.41) is 2.52. The number of likely N-dealkylation sites (tertiary alicyclic amines) is 1. The Bertz CT molecular complexity index is 610. The van der Waals surface area contributed by atoms with Gasteiger partial charge >= 0.3 is 12.1 Å². The van der Waals surface area contributed by atoms with Crippen LogP contribution in [0.25, 0.3) is 0 Å². The number of carbonyl (C=O) groups is 4. The molecule has 1 aliphatic rings. The third-order valence-corrected chi connectivity index (χ3v) is 5.49. The van der Waals surface area contributed by atoms with Crippen LogP contribution in [0.2, 0.25) is 0 Å². The van der Waals surface area contributed by atoms with Gasteiger partial charge in [-0.05, 0) is 53.3 Å². The van der Waals surface area contributed by atoms with E-state index < -0.39 is 17.7 Å². The molecule has 0 radical (unpaired) electrons. The first-order valence-electron chi connectivity index (χ1n) is 10.0. The van der Waals surface area contributed by atoms with Crippen molar-refractivity contribution in [2.45, 2.75) is 63.8 Å². The zero-order valence-corrected chi connectivity index (χ0v) is 19.6. The number of amides is 2. The van der Waals surface area contributed by atoms with Crippen LogP contribution in [-0.2, 0) is 23.9 Å². The summed E-state index contributed by atoms with van der Waals surface area (Å²) < 4.78 is 10.0. The topological polar surface area (TPSA) is 105 Å². The number of rotatable bonds is 10. The first kappa shape index (κ1) is 26.2. The van der Waals surface area contributed by atoms with Crippen molar-refractivity contribution in [2.75, 3.05) is 39.3 Å². The smallest absolute Gasteiger partial charge is 0.408 e. The zero-order valence-electron chi connectivity index (χ0n) is 18.8. The fourth-order valence-electron chi connectivity index (χ4n) is 3.44. The van der Waals surface area contributed by atoms with Crippen molar-refractivity contribution in [3.8, 4) is 0 Å². The summed E-state index contributed by atoms with van der Waals surface area (Å²) >= 11 is 1.40. The Kier molecular flexibility index (Phi) is 10.6. The summed E-state index contributed by atoms with van der Waals surface area (Å²) in [6.45, 7) is 5.69. The lowest BCUT2D eigenvalue weighted by atomic mass is 10.1. The van der Waals surface area contributed by atoms with Gasteiger partial charge in [0, 0.05) is 19.1 Å². The molecule has 1 saturated heterocycles. The maximum atomic E-state index is 12.6. The Morgan fingerprint density at radius 1 is 1.30 bits per heavy atom. The quantitative estimate of drug-likeness (QED) is 0.396. The molecule has 3 unspecified atom stereocenters. The highest BCUT2D eigenvalue weighted by molar-refractivity contribution is 7.99. The van der Waals surface area contributed by atoms with E-state index in [1.165, 1.54) is 18.9 Å². The Labute approximate surface area is 183 Å². The molecule has 0 aliphatic carbocycles. The lowest BCUT2D eigenvalue weighted by Crippen LogP contribution is -2.49. The van der Waals surface area contributed by atoms with Gasteiger partial charge < -0.3 is 24.5 Å². The summed E-state index contributed by atoms with van der Waals surface area (Å²) in [6.07, 6.45) is 3.93. The van der Waals surface area contributed by atoms with Gasteiger partial charge in [-0.1, -0.05) is 0 Å². The minimum Gasteiger partial charge on any atom is -0.468 e. The third kappa shape index (κ3) is 8.51. The van der Waals surface area contributed by atoms with E-state index in [0.29, 0.717) is 25.7 Å². The minimum atomic E-state index is -0.866. The highest BCUT2D eigenvalue weighted by Crippen LogP contribution is 2.25. The molecule has 30 heavy (non-hydrogen) atoms. The van der Waals surface area contributed by atoms with Gasteiger partial charge in [0.15, 0.2) is 0 Å². The van der Waals surface area contributed by atoms with E-state index in [1.807, 2.05) is 18.2 Å². The molecule has 0 aromatic carbocycles. The van der Waals surface area contributed by atoms with E-state index in [4.69, 9.17) is 9.47 Å². The summed E-state index contributed by atoms with van der Waals surface area (Å²) in [4.78, 5) is 51.5. The highest BCUT2D eigenvalue weighted by Gasteiger charge is 2.36. The van der Waals surface area contributed by atoms with Gasteiger partial charge in [0.25, 0.3) is 0 Å². The lowest BCUT2D eigenvalue weighted by Gasteiger charge is -2.30. The molecule has 1 fully saturated rings. The molecule has 9 nitrogen and oxygen atoms in total. The standard InChI is InChI=1S/C20H35N3O6S/c1-20(2,3)29-19(27)21-14(12-24)11-23(17(25)13-30-6)10-9-15-7-8-16(22(15)4)18(26)28-5/h12,14-16H,7-11,13H2,1-6H3,(H,21,27). The number of methoxy groups -OCH3 is 1. The van der Waals surface area contributed by atoms with Crippen molar-refractivity contribution in [1.82, 2.24) is 15.1 Å². The normalized spacial score (nSPS) is 20.3. The number of carbonyl (C=O) groups excluding carboxylic acids is 4. The van der Waals surface area contributed by atoms with E-state index >= 15 is 0 Å². The average Bonchev–Trinajstić information content (AvgIpc) is 3.02. The predicted octanol–water partition coefficient (Wildman–Crippen LogP) is 1.30. The van der Waals surface area contributed by atoms with Crippen LogP contribution in [0.5, 0.6) is 0 Å². The van der Waals surface area contributed by atoms with Crippen molar-refractivity contribution >= 4 is 36.0 Å². The largest absolute Gasteiger partial charge is 0.468 e. The number of nitrogens with zero attached hydrogens (tertiary/aromatic N) is 2. The van der Waals surface area contributed by atoms with Gasteiger partial charge in [0.05, 0.1) is 12.9 Å². The molecule has 172 valence electrons. The molecule has 0 aromatic heterocycles. The van der Waals surface area contributed by atoms with E-state index in [0.717, 1.165) is 6.42 Å². The zero-order chi connectivity index (χ0) is 22.9. The van der Waals surface area contributed by atoms with Gasteiger partial charge in [-0.3, -0.25) is 14.5 Å². The van der Waals surface area contributed by atoms with Gasteiger partial charge in [0.2, 0.25) is 5.91 Å². The molecule has 0 aromatic rings. The van der Waals surface area contributed by atoms with Crippen LogP contribution in [0.15, 0.2) is 0 Å². The van der Waals surface area contributed by atoms with Crippen LogP contribution in [0.4, 0.5) is 4.79 Å². The third-order valence-electron chi connectivity index (χ3n) is 4.95. The fourth-order valence-corrected chi connectivity index (χ4v) is 3.87. The molecular formula is C20H35N3O6S. The van der Waals surface area contributed by atoms with Crippen molar-refractivity contribution in [3.05, 3.63) is 0 Å².